The summed E-state index contributed by atoms with van der Waals surface area (Å²) in [4.78, 5) is 16.2. The second kappa shape index (κ2) is 5.08. The van der Waals surface area contributed by atoms with Crippen LogP contribution in [0.1, 0.15) is 5.56 Å². The van der Waals surface area contributed by atoms with Gasteiger partial charge in [-0.05, 0) is 34.2 Å². The smallest absolute Gasteiger partial charge is 0.268 e. The molecule has 19 heavy (non-hydrogen) atoms. The van der Waals surface area contributed by atoms with Gasteiger partial charge in [0.25, 0.3) is 5.56 Å². The lowest BCUT2D eigenvalue weighted by molar-refractivity contribution is 0.638. The molecule has 5 heteroatoms. The summed E-state index contributed by atoms with van der Waals surface area (Å²) >= 11 is 2.08. The zero-order chi connectivity index (χ0) is 13.2. The Morgan fingerprint density at radius 2 is 2.05 bits per heavy atom. The number of hydrogen-bond donors (Lipinski definition) is 0. The maximum absolute atomic E-state index is 11.9. The molecule has 2 heterocycles. The van der Waals surface area contributed by atoms with Crippen LogP contribution in [0.3, 0.4) is 0 Å². The van der Waals surface area contributed by atoms with E-state index in [1.165, 1.54) is 4.68 Å². The average Bonchev–Trinajstić information content (AvgIpc) is 2.42. The van der Waals surface area contributed by atoms with Gasteiger partial charge in [-0.2, -0.15) is 5.10 Å². The number of aromatic nitrogens is 3. The van der Waals surface area contributed by atoms with Crippen molar-refractivity contribution in [1.29, 1.82) is 0 Å². The first kappa shape index (κ1) is 12.3. The maximum Gasteiger partial charge on any atom is 0.268 e. The van der Waals surface area contributed by atoms with E-state index in [0.29, 0.717) is 6.54 Å². The van der Waals surface area contributed by atoms with E-state index in [0.717, 1.165) is 20.0 Å². The van der Waals surface area contributed by atoms with Crippen LogP contribution in [0.15, 0.2) is 53.6 Å². The van der Waals surface area contributed by atoms with Gasteiger partial charge in [-0.1, -0.05) is 24.3 Å². The van der Waals surface area contributed by atoms with Crippen molar-refractivity contribution in [2.75, 3.05) is 0 Å². The van der Waals surface area contributed by atoms with Crippen molar-refractivity contribution in [2.45, 2.75) is 6.54 Å². The van der Waals surface area contributed by atoms with E-state index in [1.54, 1.807) is 18.5 Å². The monoisotopic (exact) mass is 363 g/mol. The lowest BCUT2D eigenvalue weighted by Gasteiger charge is -2.07. The SMILES string of the molecule is O=c1cc(I)cnn1Cc1cccc2cccnc12. The molecule has 4 nitrogen and oxygen atoms in total. The number of benzene rings is 1. The summed E-state index contributed by atoms with van der Waals surface area (Å²) in [5.74, 6) is 0. The standard InChI is InChI=1S/C14H10IN3O/c15-12-7-13(19)18(17-8-12)9-11-4-1-3-10-5-2-6-16-14(10)11/h1-8H,9H2. The Balaban J connectivity index is 2.08. The van der Waals surface area contributed by atoms with Gasteiger partial charge in [0, 0.05) is 21.2 Å². The lowest BCUT2D eigenvalue weighted by Crippen LogP contribution is -2.22. The van der Waals surface area contributed by atoms with Crippen LogP contribution in [0, 0.1) is 3.57 Å². The number of hydrogen-bond acceptors (Lipinski definition) is 3. The lowest BCUT2D eigenvalue weighted by atomic mass is 10.1. The van der Waals surface area contributed by atoms with E-state index in [1.807, 2.05) is 30.3 Å². The van der Waals surface area contributed by atoms with Crippen LogP contribution in [0.4, 0.5) is 0 Å². The molecule has 1 aromatic carbocycles. The highest BCUT2D eigenvalue weighted by atomic mass is 127. The summed E-state index contributed by atoms with van der Waals surface area (Å²) in [6.07, 6.45) is 3.44. The van der Waals surface area contributed by atoms with Crippen LogP contribution in [-0.2, 0) is 6.54 Å². The molecule has 0 spiro atoms. The van der Waals surface area contributed by atoms with Gasteiger partial charge in [-0.25, -0.2) is 4.68 Å². The number of halogens is 1. The zero-order valence-corrected chi connectivity index (χ0v) is 12.1. The van der Waals surface area contributed by atoms with Crippen LogP contribution >= 0.6 is 22.6 Å². The molecule has 0 aliphatic rings. The summed E-state index contributed by atoms with van der Waals surface area (Å²) in [6.45, 7) is 0.435. The van der Waals surface area contributed by atoms with Crippen LogP contribution in [0.5, 0.6) is 0 Å². The van der Waals surface area contributed by atoms with Gasteiger partial charge in [0.15, 0.2) is 0 Å². The minimum Gasteiger partial charge on any atom is -0.268 e. The second-order valence-corrected chi connectivity index (χ2v) is 5.41. The summed E-state index contributed by atoms with van der Waals surface area (Å²) in [6, 6.07) is 11.4. The summed E-state index contributed by atoms with van der Waals surface area (Å²) < 4.78 is 2.29. The molecule has 3 rings (SSSR count). The summed E-state index contributed by atoms with van der Waals surface area (Å²) in [7, 11) is 0. The molecule has 2 aromatic heterocycles. The van der Waals surface area contributed by atoms with Gasteiger partial charge in [0.1, 0.15) is 0 Å². The minimum absolute atomic E-state index is 0.0974. The number of pyridine rings is 1. The first-order chi connectivity index (χ1) is 9.24. The number of nitrogens with zero attached hydrogens (tertiary/aromatic N) is 3. The molecule has 0 N–H and O–H groups in total. The molecule has 0 atom stereocenters. The van der Waals surface area contributed by atoms with Crippen molar-refractivity contribution in [3.8, 4) is 0 Å². The molecule has 0 amide bonds. The zero-order valence-electron chi connectivity index (χ0n) is 9.95. The number of rotatable bonds is 2. The Kier molecular flexibility index (Phi) is 3.29. The predicted octanol–water partition coefficient (Wildman–Crippen LogP) is 2.44. The Bertz CT molecular complexity index is 793. The Labute approximate surface area is 123 Å². The largest absolute Gasteiger partial charge is 0.268 e. The first-order valence-corrected chi connectivity index (χ1v) is 6.87. The fourth-order valence-corrected chi connectivity index (χ4v) is 2.38. The van der Waals surface area contributed by atoms with E-state index in [2.05, 4.69) is 32.7 Å². The van der Waals surface area contributed by atoms with Crippen molar-refractivity contribution in [2.24, 2.45) is 0 Å². The minimum atomic E-state index is -0.0974. The Morgan fingerprint density at radius 3 is 2.89 bits per heavy atom. The third-order valence-electron chi connectivity index (χ3n) is 2.87. The van der Waals surface area contributed by atoms with Gasteiger partial charge in [-0.15, -0.1) is 0 Å². The molecule has 0 radical (unpaired) electrons. The quantitative estimate of drug-likeness (QED) is 0.658. The number of para-hydroxylation sites is 1. The van der Waals surface area contributed by atoms with Crippen LogP contribution in [0.25, 0.3) is 10.9 Å². The van der Waals surface area contributed by atoms with Gasteiger partial charge in [-0.3, -0.25) is 9.78 Å². The molecular weight excluding hydrogens is 353 g/mol. The highest BCUT2D eigenvalue weighted by molar-refractivity contribution is 14.1. The molecule has 0 saturated carbocycles. The van der Waals surface area contributed by atoms with E-state index < -0.39 is 0 Å². The van der Waals surface area contributed by atoms with Gasteiger partial charge >= 0.3 is 0 Å². The molecular formula is C14H10IN3O. The van der Waals surface area contributed by atoms with E-state index in [9.17, 15) is 4.79 Å². The molecule has 94 valence electrons. The van der Waals surface area contributed by atoms with Gasteiger partial charge in [0.05, 0.1) is 18.3 Å². The van der Waals surface area contributed by atoms with Crippen molar-refractivity contribution in [3.05, 3.63) is 68.3 Å². The number of fused-ring (bicyclic) bond motifs is 1. The molecule has 0 aliphatic heterocycles. The van der Waals surface area contributed by atoms with Crippen molar-refractivity contribution in [1.82, 2.24) is 14.8 Å². The van der Waals surface area contributed by atoms with Crippen molar-refractivity contribution < 1.29 is 0 Å². The summed E-state index contributed by atoms with van der Waals surface area (Å²) in [5, 5.41) is 5.22. The molecule has 0 unspecified atom stereocenters. The third kappa shape index (κ3) is 2.51. The fourth-order valence-electron chi connectivity index (χ4n) is 1.99. The highest BCUT2D eigenvalue weighted by Crippen LogP contribution is 2.16. The van der Waals surface area contributed by atoms with Crippen LogP contribution in [-0.4, -0.2) is 14.8 Å². The maximum atomic E-state index is 11.9. The molecule has 0 aliphatic carbocycles. The molecule has 0 saturated heterocycles. The summed E-state index contributed by atoms with van der Waals surface area (Å²) in [5.41, 5.74) is 1.81. The van der Waals surface area contributed by atoms with E-state index in [4.69, 9.17) is 0 Å². The predicted molar refractivity (Wildman–Crippen MR) is 82.1 cm³/mol. The van der Waals surface area contributed by atoms with Gasteiger partial charge in [0.2, 0.25) is 0 Å². The van der Waals surface area contributed by atoms with Crippen LogP contribution in [0.2, 0.25) is 0 Å². The normalized spacial score (nSPS) is 10.8. The Hall–Kier alpha value is -1.76. The molecule has 0 fully saturated rings. The van der Waals surface area contributed by atoms with Crippen LogP contribution < -0.4 is 5.56 Å². The average molecular weight is 363 g/mol. The van der Waals surface area contributed by atoms with Crippen molar-refractivity contribution in [3.63, 3.8) is 0 Å². The fraction of sp³-hybridized carbons (Fsp3) is 0.0714. The second-order valence-electron chi connectivity index (χ2n) is 4.16. The van der Waals surface area contributed by atoms with E-state index in [-0.39, 0.29) is 5.56 Å². The molecule has 3 aromatic rings. The third-order valence-corrected chi connectivity index (χ3v) is 3.46. The van der Waals surface area contributed by atoms with Gasteiger partial charge < -0.3 is 0 Å². The molecule has 0 bridgehead atoms. The first-order valence-electron chi connectivity index (χ1n) is 5.79. The highest BCUT2D eigenvalue weighted by Gasteiger charge is 2.05. The van der Waals surface area contributed by atoms with E-state index >= 15 is 0 Å². The van der Waals surface area contributed by atoms with Crippen molar-refractivity contribution >= 4 is 33.5 Å². The topological polar surface area (TPSA) is 47.8 Å². The Morgan fingerprint density at radius 1 is 1.21 bits per heavy atom.